The Morgan fingerprint density at radius 3 is 2.20 bits per heavy atom. The third-order valence-electron chi connectivity index (χ3n) is 2.78. The van der Waals surface area contributed by atoms with Crippen LogP contribution in [0.2, 0.25) is 0 Å². The molecule has 3 nitrogen and oxygen atoms in total. The van der Waals surface area contributed by atoms with E-state index in [2.05, 4.69) is 19.2 Å². The van der Waals surface area contributed by atoms with Crippen LogP contribution in [-0.2, 0) is 4.79 Å². The second-order valence-electron chi connectivity index (χ2n) is 4.64. The normalized spacial score (nSPS) is 13.3. The molecule has 0 spiro atoms. The van der Waals surface area contributed by atoms with Crippen LogP contribution in [0.3, 0.4) is 0 Å². The van der Waals surface area contributed by atoms with Crippen LogP contribution in [0, 0.1) is 11.8 Å². The zero-order chi connectivity index (χ0) is 11.8. The van der Waals surface area contributed by atoms with Gasteiger partial charge in [-0.05, 0) is 11.8 Å². The molecular formula is C12H26N2O. The van der Waals surface area contributed by atoms with Gasteiger partial charge in [-0.1, -0.05) is 40.5 Å². The summed E-state index contributed by atoms with van der Waals surface area (Å²) < 4.78 is 0. The zero-order valence-corrected chi connectivity index (χ0v) is 10.5. The van der Waals surface area contributed by atoms with Gasteiger partial charge in [0.1, 0.15) is 0 Å². The number of nitrogens with one attached hydrogen (secondary N) is 1. The molecule has 1 amide bonds. The van der Waals surface area contributed by atoms with E-state index in [0.29, 0.717) is 24.8 Å². The van der Waals surface area contributed by atoms with Crippen molar-refractivity contribution in [2.24, 2.45) is 17.6 Å². The fourth-order valence-electron chi connectivity index (χ4n) is 1.74. The summed E-state index contributed by atoms with van der Waals surface area (Å²) in [5, 5.41) is 2.90. The number of amides is 1. The summed E-state index contributed by atoms with van der Waals surface area (Å²) in [7, 11) is 0. The summed E-state index contributed by atoms with van der Waals surface area (Å²) >= 11 is 0. The Balaban J connectivity index is 3.78. The molecule has 0 fully saturated rings. The van der Waals surface area contributed by atoms with Crippen molar-refractivity contribution in [2.45, 2.75) is 53.0 Å². The number of nitrogens with two attached hydrogens (primary N) is 1. The first-order chi connectivity index (χ1) is 7.01. The van der Waals surface area contributed by atoms with Gasteiger partial charge in [0.05, 0.1) is 0 Å². The van der Waals surface area contributed by atoms with Crippen LogP contribution in [-0.4, -0.2) is 18.5 Å². The van der Waals surface area contributed by atoms with Crippen molar-refractivity contribution in [1.29, 1.82) is 0 Å². The molecule has 0 aromatic carbocycles. The first kappa shape index (κ1) is 14.4. The van der Waals surface area contributed by atoms with E-state index in [1.807, 2.05) is 13.8 Å². The Morgan fingerprint density at radius 2 is 1.80 bits per heavy atom. The monoisotopic (exact) mass is 214 g/mol. The highest BCUT2D eigenvalue weighted by Crippen LogP contribution is 2.10. The lowest BCUT2D eigenvalue weighted by molar-refractivity contribution is -0.121. The molecule has 0 aromatic heterocycles. The van der Waals surface area contributed by atoms with E-state index in [0.717, 1.165) is 12.8 Å². The molecule has 1 unspecified atom stereocenters. The van der Waals surface area contributed by atoms with E-state index in [4.69, 9.17) is 5.73 Å². The summed E-state index contributed by atoms with van der Waals surface area (Å²) in [6.07, 6.45) is 2.76. The molecule has 0 radical (unpaired) electrons. The minimum atomic E-state index is 0.0936. The molecule has 0 saturated heterocycles. The molecule has 0 aliphatic heterocycles. The van der Waals surface area contributed by atoms with E-state index in [-0.39, 0.29) is 11.9 Å². The maximum Gasteiger partial charge on any atom is 0.220 e. The van der Waals surface area contributed by atoms with Crippen LogP contribution >= 0.6 is 0 Å². The highest BCUT2D eigenvalue weighted by Gasteiger charge is 2.14. The second-order valence-corrected chi connectivity index (χ2v) is 4.64. The molecule has 90 valence electrons. The van der Waals surface area contributed by atoms with Crippen LogP contribution < -0.4 is 11.1 Å². The van der Waals surface area contributed by atoms with Gasteiger partial charge < -0.3 is 11.1 Å². The standard InChI is InChI=1S/C12H26N2O/c1-5-10(6-2)11(13)8-14-12(15)7-9(3)4/h9-11H,5-8,13H2,1-4H3,(H,14,15). The molecule has 3 N–H and O–H groups in total. The summed E-state index contributed by atoms with van der Waals surface area (Å²) in [5.41, 5.74) is 6.00. The van der Waals surface area contributed by atoms with Crippen molar-refractivity contribution < 1.29 is 4.79 Å². The Hall–Kier alpha value is -0.570. The minimum absolute atomic E-state index is 0.0936. The highest BCUT2D eigenvalue weighted by molar-refractivity contribution is 5.76. The summed E-state index contributed by atoms with van der Waals surface area (Å²) in [6, 6.07) is 0.0936. The van der Waals surface area contributed by atoms with Gasteiger partial charge in [0.2, 0.25) is 5.91 Å². The molecule has 0 rings (SSSR count). The van der Waals surface area contributed by atoms with Crippen molar-refractivity contribution in [3.05, 3.63) is 0 Å². The maximum atomic E-state index is 11.4. The van der Waals surface area contributed by atoms with E-state index < -0.39 is 0 Å². The largest absolute Gasteiger partial charge is 0.355 e. The van der Waals surface area contributed by atoms with E-state index in [1.54, 1.807) is 0 Å². The maximum absolute atomic E-state index is 11.4. The van der Waals surface area contributed by atoms with Crippen LogP contribution in [0.15, 0.2) is 0 Å². The van der Waals surface area contributed by atoms with Gasteiger partial charge >= 0.3 is 0 Å². The Kier molecular flexibility index (Phi) is 7.39. The molecule has 0 aliphatic rings. The van der Waals surface area contributed by atoms with E-state index >= 15 is 0 Å². The average molecular weight is 214 g/mol. The highest BCUT2D eigenvalue weighted by atomic mass is 16.1. The van der Waals surface area contributed by atoms with Gasteiger partial charge in [-0.2, -0.15) is 0 Å². The van der Waals surface area contributed by atoms with Crippen molar-refractivity contribution in [3.63, 3.8) is 0 Å². The van der Waals surface area contributed by atoms with Gasteiger partial charge in [-0.25, -0.2) is 0 Å². The first-order valence-corrected chi connectivity index (χ1v) is 6.03. The summed E-state index contributed by atoms with van der Waals surface area (Å²) in [6.45, 7) is 8.98. The molecule has 0 aliphatic carbocycles. The molecule has 15 heavy (non-hydrogen) atoms. The lowest BCUT2D eigenvalue weighted by atomic mass is 9.95. The second kappa shape index (κ2) is 7.69. The molecule has 0 heterocycles. The fraction of sp³-hybridized carbons (Fsp3) is 0.917. The van der Waals surface area contributed by atoms with E-state index in [1.165, 1.54) is 0 Å². The lowest BCUT2D eigenvalue weighted by Gasteiger charge is -2.21. The molecule has 1 atom stereocenters. The van der Waals surface area contributed by atoms with Gasteiger partial charge in [0.25, 0.3) is 0 Å². The smallest absolute Gasteiger partial charge is 0.220 e. The third kappa shape index (κ3) is 6.50. The summed E-state index contributed by atoms with van der Waals surface area (Å²) in [5.74, 6) is 1.05. The number of hydrogen-bond acceptors (Lipinski definition) is 2. The lowest BCUT2D eigenvalue weighted by Crippen LogP contribution is -2.42. The molecule has 0 saturated carbocycles. The van der Waals surface area contributed by atoms with Gasteiger partial charge in [-0.3, -0.25) is 4.79 Å². The topological polar surface area (TPSA) is 55.1 Å². The van der Waals surface area contributed by atoms with Crippen LogP contribution in [0.25, 0.3) is 0 Å². The predicted octanol–water partition coefficient (Wildman–Crippen LogP) is 1.91. The molecule has 0 bridgehead atoms. The average Bonchev–Trinajstić information content (AvgIpc) is 2.15. The zero-order valence-electron chi connectivity index (χ0n) is 10.5. The first-order valence-electron chi connectivity index (χ1n) is 6.03. The van der Waals surface area contributed by atoms with Crippen LogP contribution in [0.1, 0.15) is 47.0 Å². The van der Waals surface area contributed by atoms with Gasteiger partial charge in [-0.15, -0.1) is 0 Å². The molecular weight excluding hydrogens is 188 g/mol. The SMILES string of the molecule is CCC(CC)C(N)CNC(=O)CC(C)C. The number of hydrogen-bond donors (Lipinski definition) is 2. The molecule has 3 heteroatoms. The molecule has 0 aromatic rings. The predicted molar refractivity (Wildman–Crippen MR) is 64.5 cm³/mol. The van der Waals surface area contributed by atoms with Crippen LogP contribution in [0.4, 0.5) is 0 Å². The van der Waals surface area contributed by atoms with Crippen molar-refractivity contribution in [3.8, 4) is 0 Å². The fourth-order valence-corrected chi connectivity index (χ4v) is 1.74. The van der Waals surface area contributed by atoms with Crippen molar-refractivity contribution in [1.82, 2.24) is 5.32 Å². The van der Waals surface area contributed by atoms with Crippen LogP contribution in [0.5, 0.6) is 0 Å². The van der Waals surface area contributed by atoms with Gasteiger partial charge in [0, 0.05) is 19.0 Å². The van der Waals surface area contributed by atoms with Crippen molar-refractivity contribution >= 4 is 5.91 Å². The van der Waals surface area contributed by atoms with Crippen molar-refractivity contribution in [2.75, 3.05) is 6.54 Å². The number of carbonyl (C=O) groups excluding carboxylic acids is 1. The van der Waals surface area contributed by atoms with E-state index in [9.17, 15) is 4.79 Å². The Morgan fingerprint density at radius 1 is 1.27 bits per heavy atom. The summed E-state index contributed by atoms with van der Waals surface area (Å²) in [4.78, 5) is 11.4. The minimum Gasteiger partial charge on any atom is -0.355 e. The Bertz CT molecular complexity index is 176. The third-order valence-corrected chi connectivity index (χ3v) is 2.78. The number of carbonyl (C=O) groups is 1. The van der Waals surface area contributed by atoms with Gasteiger partial charge in [0.15, 0.2) is 0 Å². The quantitative estimate of drug-likeness (QED) is 0.680. The number of rotatable bonds is 7. The Labute approximate surface area is 93.8 Å².